The molecule has 7 heteroatoms. The maximum atomic E-state index is 13.8. The lowest BCUT2D eigenvalue weighted by Gasteiger charge is -2.31. The van der Waals surface area contributed by atoms with Crippen LogP contribution in [0.3, 0.4) is 0 Å². The summed E-state index contributed by atoms with van der Waals surface area (Å²) in [5, 5.41) is 1.06. The van der Waals surface area contributed by atoms with Gasteiger partial charge in [0.05, 0.1) is 29.7 Å². The Morgan fingerprint density at radius 3 is 2.60 bits per heavy atom. The van der Waals surface area contributed by atoms with Gasteiger partial charge in [0.1, 0.15) is 11.6 Å². The third-order valence-electron chi connectivity index (χ3n) is 6.16. The number of amides is 1. The van der Waals surface area contributed by atoms with E-state index in [0.717, 1.165) is 12.0 Å². The molecular formula is C28H28ClN3O3. The first-order chi connectivity index (χ1) is 16.9. The SMILES string of the molecule is CCCN(C(=O)c1cccc(OC)c1)C(C)c1nc2ccccc2c(=O)n1-c1cccc(Cl)c1C. The molecule has 0 N–H and O–H groups in total. The number of carbonyl (C=O) groups is 1. The molecule has 1 unspecified atom stereocenters. The maximum Gasteiger partial charge on any atom is 0.266 e. The molecular weight excluding hydrogens is 462 g/mol. The third kappa shape index (κ3) is 4.66. The van der Waals surface area contributed by atoms with Crippen molar-refractivity contribution in [2.24, 2.45) is 0 Å². The highest BCUT2D eigenvalue weighted by Crippen LogP contribution is 2.28. The van der Waals surface area contributed by atoms with E-state index in [2.05, 4.69) is 0 Å². The van der Waals surface area contributed by atoms with E-state index >= 15 is 0 Å². The van der Waals surface area contributed by atoms with Crippen LogP contribution in [0.25, 0.3) is 16.6 Å². The first kappa shape index (κ1) is 24.5. The topological polar surface area (TPSA) is 64.4 Å². The zero-order valence-electron chi connectivity index (χ0n) is 20.3. The number of benzene rings is 3. The average Bonchev–Trinajstić information content (AvgIpc) is 2.88. The van der Waals surface area contributed by atoms with Crippen molar-refractivity contribution in [2.75, 3.05) is 13.7 Å². The van der Waals surface area contributed by atoms with Crippen molar-refractivity contribution in [1.29, 1.82) is 0 Å². The Bertz CT molecular complexity index is 1450. The van der Waals surface area contributed by atoms with Gasteiger partial charge in [0.2, 0.25) is 0 Å². The fourth-order valence-electron chi connectivity index (χ4n) is 4.27. The summed E-state index contributed by atoms with van der Waals surface area (Å²) in [5.74, 6) is 0.925. The van der Waals surface area contributed by atoms with Crippen LogP contribution in [-0.2, 0) is 0 Å². The zero-order valence-corrected chi connectivity index (χ0v) is 21.0. The van der Waals surface area contributed by atoms with Crippen LogP contribution >= 0.6 is 11.6 Å². The van der Waals surface area contributed by atoms with E-state index in [9.17, 15) is 9.59 Å². The molecule has 180 valence electrons. The molecule has 0 aliphatic heterocycles. The van der Waals surface area contributed by atoms with Crippen LogP contribution in [-0.4, -0.2) is 34.0 Å². The second-order valence-electron chi connectivity index (χ2n) is 8.42. The van der Waals surface area contributed by atoms with E-state index in [1.165, 1.54) is 0 Å². The summed E-state index contributed by atoms with van der Waals surface area (Å²) in [5.41, 5.74) is 2.31. The van der Waals surface area contributed by atoms with Crippen LogP contribution in [0.15, 0.2) is 71.5 Å². The quantitative estimate of drug-likeness (QED) is 0.321. The first-order valence-corrected chi connectivity index (χ1v) is 12.0. The molecule has 35 heavy (non-hydrogen) atoms. The summed E-state index contributed by atoms with van der Waals surface area (Å²) in [4.78, 5) is 34.1. The van der Waals surface area contributed by atoms with E-state index in [1.54, 1.807) is 53.0 Å². The number of ether oxygens (including phenoxy) is 1. The minimum atomic E-state index is -0.496. The Morgan fingerprint density at radius 2 is 1.86 bits per heavy atom. The molecule has 0 aliphatic carbocycles. The fraction of sp³-hybridized carbons (Fsp3) is 0.250. The molecule has 0 fully saturated rings. The van der Waals surface area contributed by atoms with Crippen molar-refractivity contribution in [2.45, 2.75) is 33.2 Å². The van der Waals surface area contributed by atoms with Crippen molar-refractivity contribution < 1.29 is 9.53 Å². The molecule has 4 aromatic rings. The molecule has 0 saturated heterocycles. The number of nitrogens with zero attached hydrogens (tertiary/aromatic N) is 3. The molecule has 0 radical (unpaired) electrons. The molecule has 0 spiro atoms. The highest BCUT2D eigenvalue weighted by atomic mass is 35.5. The number of methoxy groups -OCH3 is 1. The first-order valence-electron chi connectivity index (χ1n) is 11.6. The molecule has 1 amide bonds. The summed E-state index contributed by atoms with van der Waals surface area (Å²) in [6.07, 6.45) is 0.744. The Morgan fingerprint density at radius 1 is 1.11 bits per heavy atom. The minimum absolute atomic E-state index is 0.157. The van der Waals surface area contributed by atoms with E-state index in [1.807, 2.05) is 51.1 Å². The minimum Gasteiger partial charge on any atom is -0.497 e. The monoisotopic (exact) mass is 489 g/mol. The number of fused-ring (bicyclic) bond motifs is 1. The third-order valence-corrected chi connectivity index (χ3v) is 6.57. The van der Waals surface area contributed by atoms with Crippen LogP contribution in [0.5, 0.6) is 5.75 Å². The predicted octanol–water partition coefficient (Wildman–Crippen LogP) is 5.97. The van der Waals surface area contributed by atoms with Gasteiger partial charge in [0, 0.05) is 17.1 Å². The lowest BCUT2D eigenvalue weighted by atomic mass is 10.1. The second-order valence-corrected chi connectivity index (χ2v) is 8.83. The van der Waals surface area contributed by atoms with Crippen LogP contribution in [0.4, 0.5) is 0 Å². The second kappa shape index (κ2) is 10.3. The average molecular weight is 490 g/mol. The van der Waals surface area contributed by atoms with Crippen molar-refractivity contribution in [3.63, 3.8) is 0 Å². The number of hydrogen-bond acceptors (Lipinski definition) is 4. The predicted molar refractivity (Wildman–Crippen MR) is 140 cm³/mol. The molecule has 4 rings (SSSR count). The largest absolute Gasteiger partial charge is 0.497 e. The summed E-state index contributed by atoms with van der Waals surface area (Å²) in [6, 6.07) is 19.3. The number of halogens is 1. The van der Waals surface area contributed by atoms with Crippen LogP contribution in [0.1, 0.15) is 48.1 Å². The zero-order chi connectivity index (χ0) is 25.1. The molecule has 0 bridgehead atoms. The van der Waals surface area contributed by atoms with Gasteiger partial charge in [-0.25, -0.2) is 4.98 Å². The highest BCUT2D eigenvalue weighted by molar-refractivity contribution is 6.31. The molecule has 0 saturated carbocycles. The van der Waals surface area contributed by atoms with E-state index in [-0.39, 0.29) is 11.5 Å². The maximum absolute atomic E-state index is 13.8. The van der Waals surface area contributed by atoms with Gasteiger partial charge >= 0.3 is 0 Å². The Kier molecular flexibility index (Phi) is 7.22. The van der Waals surface area contributed by atoms with Gasteiger partial charge in [-0.2, -0.15) is 0 Å². The summed E-state index contributed by atoms with van der Waals surface area (Å²) < 4.78 is 6.91. The van der Waals surface area contributed by atoms with E-state index < -0.39 is 6.04 Å². The Labute approximate surface area is 209 Å². The Hall–Kier alpha value is -3.64. The van der Waals surface area contributed by atoms with Gasteiger partial charge in [-0.05, 0) is 68.3 Å². The normalized spacial score (nSPS) is 11.9. The van der Waals surface area contributed by atoms with Crippen LogP contribution in [0.2, 0.25) is 5.02 Å². The summed E-state index contributed by atoms with van der Waals surface area (Å²) in [6.45, 7) is 6.29. The highest BCUT2D eigenvalue weighted by Gasteiger charge is 2.28. The van der Waals surface area contributed by atoms with Crippen molar-refractivity contribution in [3.05, 3.63) is 99.1 Å². The van der Waals surface area contributed by atoms with Crippen LogP contribution in [0, 0.1) is 6.92 Å². The summed E-state index contributed by atoms with van der Waals surface area (Å²) >= 11 is 6.43. The number of para-hydroxylation sites is 1. The number of hydrogen-bond donors (Lipinski definition) is 0. The molecule has 1 heterocycles. The van der Waals surface area contributed by atoms with Gasteiger partial charge in [-0.15, -0.1) is 0 Å². The Balaban J connectivity index is 1.93. The lowest BCUT2D eigenvalue weighted by molar-refractivity contribution is 0.0681. The van der Waals surface area contributed by atoms with Crippen LogP contribution < -0.4 is 10.3 Å². The molecule has 6 nitrogen and oxygen atoms in total. The van der Waals surface area contributed by atoms with Crippen molar-refractivity contribution >= 4 is 28.4 Å². The van der Waals surface area contributed by atoms with E-state index in [4.69, 9.17) is 21.3 Å². The lowest BCUT2D eigenvalue weighted by Crippen LogP contribution is -2.38. The molecule has 1 aromatic heterocycles. The summed E-state index contributed by atoms with van der Waals surface area (Å²) in [7, 11) is 1.57. The molecule has 1 atom stereocenters. The van der Waals surface area contributed by atoms with Gasteiger partial charge in [0.15, 0.2) is 0 Å². The van der Waals surface area contributed by atoms with Crippen molar-refractivity contribution in [1.82, 2.24) is 14.5 Å². The van der Waals surface area contributed by atoms with Gasteiger partial charge in [-0.3, -0.25) is 14.2 Å². The standard InChI is InChI=1S/C28H28ClN3O3/c1-5-16-31(27(33)20-10-8-11-21(17-20)35-4)19(3)26-30-24-14-7-6-12-22(24)28(34)32(26)25-15-9-13-23(29)18(25)2/h6-15,17,19H,5,16H2,1-4H3. The smallest absolute Gasteiger partial charge is 0.266 e. The van der Waals surface area contributed by atoms with Gasteiger partial charge in [-0.1, -0.05) is 42.8 Å². The molecule has 0 aliphatic rings. The fourth-order valence-corrected chi connectivity index (χ4v) is 4.44. The number of carbonyl (C=O) groups excluding carboxylic acids is 1. The van der Waals surface area contributed by atoms with Crippen molar-refractivity contribution in [3.8, 4) is 11.4 Å². The van der Waals surface area contributed by atoms with E-state index in [0.29, 0.717) is 45.3 Å². The van der Waals surface area contributed by atoms with Gasteiger partial charge in [0.25, 0.3) is 11.5 Å². The molecule has 3 aromatic carbocycles. The van der Waals surface area contributed by atoms with Gasteiger partial charge < -0.3 is 9.64 Å². The number of rotatable bonds is 7. The number of aromatic nitrogens is 2.